The number of hydrogen-bond acceptors (Lipinski definition) is 4. The summed E-state index contributed by atoms with van der Waals surface area (Å²) >= 11 is 0. The lowest BCUT2D eigenvalue weighted by molar-refractivity contribution is -0.157. The summed E-state index contributed by atoms with van der Waals surface area (Å²) in [5, 5.41) is 10.0. The average molecular weight is 206 g/mol. The predicted molar refractivity (Wildman–Crippen MR) is 51.8 cm³/mol. The lowest BCUT2D eigenvalue weighted by Gasteiger charge is -2.33. The van der Waals surface area contributed by atoms with Crippen LogP contribution in [-0.2, 0) is 14.3 Å². The van der Waals surface area contributed by atoms with Gasteiger partial charge in [0, 0.05) is 0 Å². The SMILES string of the molecule is C=C/C=C1/C(=O)OC[C@@]2(O)C=CC(=O)[C@@H]12. The summed E-state index contributed by atoms with van der Waals surface area (Å²) in [7, 11) is 0. The summed E-state index contributed by atoms with van der Waals surface area (Å²) in [6, 6.07) is 0. The van der Waals surface area contributed by atoms with Crippen LogP contribution in [0.2, 0.25) is 0 Å². The molecule has 2 aliphatic rings. The first kappa shape index (κ1) is 9.86. The predicted octanol–water partition coefficient (Wildman–Crippen LogP) is 0.142. The molecule has 0 saturated carbocycles. The highest BCUT2D eigenvalue weighted by atomic mass is 16.5. The number of fused-ring (bicyclic) bond motifs is 1. The molecule has 1 fully saturated rings. The van der Waals surface area contributed by atoms with Gasteiger partial charge < -0.3 is 9.84 Å². The van der Waals surface area contributed by atoms with Crippen molar-refractivity contribution in [2.75, 3.05) is 6.61 Å². The monoisotopic (exact) mass is 206 g/mol. The van der Waals surface area contributed by atoms with Crippen LogP contribution in [0.5, 0.6) is 0 Å². The molecule has 0 aromatic heterocycles. The summed E-state index contributed by atoms with van der Waals surface area (Å²) in [6.07, 6.45) is 5.46. The van der Waals surface area contributed by atoms with Crippen molar-refractivity contribution < 1.29 is 19.4 Å². The molecule has 4 heteroatoms. The number of allylic oxidation sites excluding steroid dienone is 3. The fraction of sp³-hybridized carbons (Fsp3) is 0.273. The van der Waals surface area contributed by atoms with Gasteiger partial charge in [0.05, 0.1) is 11.5 Å². The number of hydrogen-bond donors (Lipinski definition) is 1. The zero-order valence-electron chi connectivity index (χ0n) is 7.97. The van der Waals surface area contributed by atoms with Crippen molar-refractivity contribution in [3.05, 3.63) is 36.5 Å². The zero-order valence-corrected chi connectivity index (χ0v) is 7.97. The van der Waals surface area contributed by atoms with Crippen LogP contribution in [0.1, 0.15) is 0 Å². The van der Waals surface area contributed by atoms with Gasteiger partial charge in [-0.1, -0.05) is 18.7 Å². The molecule has 78 valence electrons. The number of carbonyl (C=O) groups excluding carboxylic acids is 2. The van der Waals surface area contributed by atoms with Crippen LogP contribution in [0, 0.1) is 5.92 Å². The van der Waals surface area contributed by atoms with Crippen molar-refractivity contribution in [2.45, 2.75) is 5.60 Å². The third-order valence-corrected chi connectivity index (χ3v) is 2.60. The second-order valence-corrected chi connectivity index (χ2v) is 3.59. The standard InChI is InChI=1S/C11H10O4/c1-2-3-7-9-8(12)4-5-11(9,14)6-15-10(7)13/h2-5,9,14H,1,6H2/b7-3+/t9-,11+/m1/s1. The Morgan fingerprint density at radius 3 is 3.00 bits per heavy atom. The van der Waals surface area contributed by atoms with E-state index in [1.54, 1.807) is 0 Å². The number of ketones is 1. The molecule has 15 heavy (non-hydrogen) atoms. The molecule has 1 N–H and O–H groups in total. The summed E-state index contributed by atoms with van der Waals surface area (Å²) in [4.78, 5) is 22.9. The van der Waals surface area contributed by atoms with Gasteiger partial charge in [0.2, 0.25) is 0 Å². The number of aliphatic hydroxyl groups is 1. The van der Waals surface area contributed by atoms with Crippen molar-refractivity contribution in [3.8, 4) is 0 Å². The van der Waals surface area contributed by atoms with Crippen LogP contribution >= 0.6 is 0 Å². The Labute approximate surface area is 86.5 Å². The van der Waals surface area contributed by atoms with Crippen LogP contribution in [0.3, 0.4) is 0 Å². The topological polar surface area (TPSA) is 63.6 Å². The van der Waals surface area contributed by atoms with Crippen molar-refractivity contribution in [2.24, 2.45) is 5.92 Å². The first-order valence-electron chi connectivity index (χ1n) is 4.54. The van der Waals surface area contributed by atoms with Gasteiger partial charge in [0.25, 0.3) is 0 Å². The maximum atomic E-state index is 11.5. The summed E-state index contributed by atoms with van der Waals surface area (Å²) in [5.74, 6) is -1.68. The van der Waals surface area contributed by atoms with Crippen molar-refractivity contribution in [3.63, 3.8) is 0 Å². The number of ether oxygens (including phenoxy) is 1. The van der Waals surface area contributed by atoms with E-state index < -0.39 is 17.5 Å². The summed E-state index contributed by atoms with van der Waals surface area (Å²) in [5.41, 5.74) is -1.21. The van der Waals surface area contributed by atoms with Gasteiger partial charge in [-0.2, -0.15) is 0 Å². The normalized spacial score (nSPS) is 36.6. The third-order valence-electron chi connectivity index (χ3n) is 2.60. The lowest BCUT2D eigenvalue weighted by Crippen LogP contribution is -2.48. The van der Waals surface area contributed by atoms with E-state index in [4.69, 9.17) is 4.74 Å². The summed E-state index contributed by atoms with van der Waals surface area (Å²) in [6.45, 7) is 3.28. The van der Waals surface area contributed by atoms with Gasteiger partial charge in [-0.3, -0.25) is 4.79 Å². The van der Waals surface area contributed by atoms with Crippen molar-refractivity contribution in [1.29, 1.82) is 0 Å². The molecule has 2 rings (SSSR count). The quantitative estimate of drug-likeness (QED) is 0.489. The Morgan fingerprint density at radius 1 is 1.60 bits per heavy atom. The van der Waals surface area contributed by atoms with E-state index in [1.165, 1.54) is 24.3 Å². The van der Waals surface area contributed by atoms with Crippen LogP contribution in [0.15, 0.2) is 36.5 Å². The van der Waals surface area contributed by atoms with Crippen LogP contribution in [0.25, 0.3) is 0 Å². The van der Waals surface area contributed by atoms with Gasteiger partial charge in [-0.15, -0.1) is 0 Å². The van der Waals surface area contributed by atoms with E-state index in [-0.39, 0.29) is 18.0 Å². The van der Waals surface area contributed by atoms with Gasteiger partial charge in [-0.05, 0) is 12.2 Å². The van der Waals surface area contributed by atoms with Gasteiger partial charge in [0.1, 0.15) is 12.2 Å². The lowest BCUT2D eigenvalue weighted by atomic mass is 9.82. The fourth-order valence-corrected chi connectivity index (χ4v) is 1.89. The van der Waals surface area contributed by atoms with Gasteiger partial charge in [0.15, 0.2) is 5.78 Å². The second-order valence-electron chi connectivity index (χ2n) is 3.59. The number of esters is 1. The molecule has 1 heterocycles. The molecular formula is C11H10O4. The molecule has 0 unspecified atom stereocenters. The van der Waals surface area contributed by atoms with E-state index in [1.807, 2.05) is 0 Å². The second kappa shape index (κ2) is 3.17. The minimum absolute atomic E-state index is 0.161. The Kier molecular flexibility index (Phi) is 2.08. The Hall–Kier alpha value is -1.68. The molecule has 0 aromatic rings. The molecule has 0 amide bonds. The number of rotatable bonds is 1. The Bertz CT molecular complexity index is 405. The fourth-order valence-electron chi connectivity index (χ4n) is 1.89. The molecule has 0 bridgehead atoms. The van der Waals surface area contributed by atoms with E-state index in [9.17, 15) is 14.7 Å². The van der Waals surface area contributed by atoms with E-state index in [2.05, 4.69) is 6.58 Å². The largest absolute Gasteiger partial charge is 0.459 e. The highest BCUT2D eigenvalue weighted by Gasteiger charge is 2.51. The van der Waals surface area contributed by atoms with Gasteiger partial charge >= 0.3 is 5.97 Å². The molecule has 0 radical (unpaired) electrons. The number of carbonyl (C=O) groups is 2. The number of cyclic esters (lactones) is 1. The summed E-state index contributed by atoms with van der Waals surface area (Å²) < 4.78 is 4.80. The maximum absolute atomic E-state index is 11.5. The van der Waals surface area contributed by atoms with E-state index >= 15 is 0 Å². The Morgan fingerprint density at radius 2 is 2.33 bits per heavy atom. The van der Waals surface area contributed by atoms with Crippen molar-refractivity contribution in [1.82, 2.24) is 0 Å². The van der Waals surface area contributed by atoms with E-state index in [0.717, 1.165) is 0 Å². The minimum Gasteiger partial charge on any atom is -0.459 e. The zero-order chi connectivity index (χ0) is 11.1. The molecule has 1 aliphatic carbocycles. The molecule has 1 saturated heterocycles. The van der Waals surface area contributed by atoms with Crippen molar-refractivity contribution >= 4 is 11.8 Å². The molecule has 2 atom stereocenters. The Balaban J connectivity index is 2.47. The smallest absolute Gasteiger partial charge is 0.335 e. The minimum atomic E-state index is -1.38. The molecule has 1 aliphatic heterocycles. The third kappa shape index (κ3) is 1.34. The molecule has 0 aromatic carbocycles. The van der Waals surface area contributed by atoms with Crippen LogP contribution < -0.4 is 0 Å². The maximum Gasteiger partial charge on any atom is 0.335 e. The highest BCUT2D eigenvalue weighted by Crippen LogP contribution is 2.37. The molecule has 0 spiro atoms. The highest BCUT2D eigenvalue weighted by molar-refractivity contribution is 6.06. The average Bonchev–Trinajstić information content (AvgIpc) is 2.50. The van der Waals surface area contributed by atoms with Gasteiger partial charge in [-0.25, -0.2) is 4.79 Å². The van der Waals surface area contributed by atoms with Crippen LogP contribution in [0.4, 0.5) is 0 Å². The first-order valence-corrected chi connectivity index (χ1v) is 4.54. The van der Waals surface area contributed by atoms with E-state index in [0.29, 0.717) is 0 Å². The molecular weight excluding hydrogens is 196 g/mol. The molecule has 4 nitrogen and oxygen atoms in total. The first-order chi connectivity index (χ1) is 7.08. The van der Waals surface area contributed by atoms with Crippen LogP contribution in [-0.4, -0.2) is 29.1 Å².